The van der Waals surface area contributed by atoms with E-state index in [1.165, 1.54) is 0 Å². The van der Waals surface area contributed by atoms with Crippen molar-refractivity contribution in [2.45, 2.75) is 25.9 Å². The second-order valence-corrected chi connectivity index (χ2v) is 7.02. The zero-order chi connectivity index (χ0) is 20.9. The van der Waals surface area contributed by atoms with Gasteiger partial charge in [-0.2, -0.15) is 0 Å². The third-order valence-electron chi connectivity index (χ3n) is 5.11. The van der Waals surface area contributed by atoms with Crippen LogP contribution in [0.4, 0.5) is 0 Å². The van der Waals surface area contributed by atoms with Gasteiger partial charge in [0.25, 0.3) is 5.91 Å². The van der Waals surface area contributed by atoms with Gasteiger partial charge in [-0.25, -0.2) is 9.97 Å². The average molecular weight is 401 g/mol. The highest BCUT2D eigenvalue weighted by molar-refractivity contribution is 5.96. The lowest BCUT2D eigenvalue weighted by Gasteiger charge is -2.29. The molecule has 0 saturated heterocycles. The van der Waals surface area contributed by atoms with E-state index in [-0.39, 0.29) is 18.6 Å². The highest BCUT2D eigenvalue weighted by Gasteiger charge is 2.25. The highest BCUT2D eigenvalue weighted by Crippen LogP contribution is 2.20. The standard InChI is InChI=1S/C23H23N5O2/c1-2-19(15-29)27(14-18-8-6-7-11-24-18)23(30)17-12-21-22(25-13-17)28(16-26-21)20-9-4-3-5-10-20/h3-13,16,19,29H,2,14-15H2,1H3. The van der Waals surface area contributed by atoms with Crippen molar-refractivity contribution in [3.05, 3.63) is 84.6 Å². The number of rotatable bonds is 7. The second kappa shape index (κ2) is 8.84. The Kier molecular flexibility index (Phi) is 5.81. The van der Waals surface area contributed by atoms with Crippen molar-refractivity contribution < 1.29 is 9.90 Å². The van der Waals surface area contributed by atoms with E-state index in [0.717, 1.165) is 11.4 Å². The molecule has 1 amide bonds. The second-order valence-electron chi connectivity index (χ2n) is 7.02. The van der Waals surface area contributed by atoms with Gasteiger partial charge in [0.15, 0.2) is 5.65 Å². The normalized spacial score (nSPS) is 12.1. The van der Waals surface area contributed by atoms with Gasteiger partial charge in [0.05, 0.1) is 30.5 Å². The number of hydrogen-bond donors (Lipinski definition) is 1. The lowest BCUT2D eigenvalue weighted by Crippen LogP contribution is -2.42. The van der Waals surface area contributed by atoms with E-state index < -0.39 is 0 Å². The number of amides is 1. The molecule has 0 radical (unpaired) electrons. The Bertz CT molecular complexity index is 1120. The van der Waals surface area contributed by atoms with E-state index in [2.05, 4.69) is 15.0 Å². The molecule has 4 aromatic rings. The Labute approximate surface area is 174 Å². The van der Waals surface area contributed by atoms with Crippen molar-refractivity contribution in [3.8, 4) is 5.69 Å². The summed E-state index contributed by atoms with van der Waals surface area (Å²) in [5, 5.41) is 9.83. The number of pyridine rings is 2. The molecule has 7 nitrogen and oxygen atoms in total. The molecule has 1 unspecified atom stereocenters. The summed E-state index contributed by atoms with van der Waals surface area (Å²) >= 11 is 0. The van der Waals surface area contributed by atoms with Crippen LogP contribution in [0.5, 0.6) is 0 Å². The van der Waals surface area contributed by atoms with Crippen LogP contribution in [0.1, 0.15) is 29.4 Å². The summed E-state index contributed by atoms with van der Waals surface area (Å²) in [6.45, 7) is 2.14. The smallest absolute Gasteiger partial charge is 0.256 e. The molecule has 1 aromatic carbocycles. The largest absolute Gasteiger partial charge is 0.394 e. The van der Waals surface area contributed by atoms with Crippen LogP contribution in [0.3, 0.4) is 0 Å². The summed E-state index contributed by atoms with van der Waals surface area (Å²) < 4.78 is 1.89. The van der Waals surface area contributed by atoms with Crippen molar-refractivity contribution >= 4 is 17.1 Å². The van der Waals surface area contributed by atoms with Gasteiger partial charge >= 0.3 is 0 Å². The Morgan fingerprint density at radius 3 is 2.60 bits per heavy atom. The molecule has 152 valence electrons. The van der Waals surface area contributed by atoms with Crippen LogP contribution in [0.15, 0.2) is 73.3 Å². The average Bonchev–Trinajstić information content (AvgIpc) is 3.23. The number of benzene rings is 1. The molecule has 0 saturated carbocycles. The number of nitrogens with zero attached hydrogens (tertiary/aromatic N) is 5. The van der Waals surface area contributed by atoms with Gasteiger partial charge in [0, 0.05) is 18.1 Å². The Hall–Kier alpha value is -3.58. The molecule has 1 N–H and O–H groups in total. The fraction of sp³-hybridized carbons (Fsp3) is 0.217. The van der Waals surface area contributed by atoms with Gasteiger partial charge in [-0.15, -0.1) is 0 Å². The minimum atomic E-state index is -0.308. The minimum absolute atomic E-state index is 0.118. The third kappa shape index (κ3) is 3.92. The Morgan fingerprint density at radius 2 is 1.90 bits per heavy atom. The van der Waals surface area contributed by atoms with Crippen LogP contribution >= 0.6 is 0 Å². The van der Waals surface area contributed by atoms with E-state index in [4.69, 9.17) is 0 Å². The van der Waals surface area contributed by atoms with Crippen LogP contribution in [0.25, 0.3) is 16.9 Å². The van der Waals surface area contributed by atoms with Crippen LogP contribution in [-0.4, -0.2) is 48.1 Å². The van der Waals surface area contributed by atoms with Crippen LogP contribution in [0, 0.1) is 0 Å². The number of aromatic nitrogens is 4. The minimum Gasteiger partial charge on any atom is -0.394 e. The topological polar surface area (TPSA) is 84.1 Å². The first-order valence-corrected chi connectivity index (χ1v) is 9.91. The number of carbonyl (C=O) groups excluding carboxylic acids is 1. The third-order valence-corrected chi connectivity index (χ3v) is 5.11. The summed E-state index contributed by atoms with van der Waals surface area (Å²) in [6, 6.07) is 16.8. The molecule has 7 heteroatoms. The molecule has 0 bridgehead atoms. The Morgan fingerprint density at radius 1 is 1.10 bits per heavy atom. The fourth-order valence-corrected chi connectivity index (χ4v) is 3.44. The van der Waals surface area contributed by atoms with Gasteiger partial charge in [-0.05, 0) is 36.8 Å². The molecule has 3 aromatic heterocycles. The quantitative estimate of drug-likeness (QED) is 0.514. The SMILES string of the molecule is CCC(CO)N(Cc1ccccn1)C(=O)c1cnc2c(c1)ncn2-c1ccccc1. The van der Waals surface area contributed by atoms with Crippen LogP contribution in [0.2, 0.25) is 0 Å². The predicted molar refractivity (Wildman–Crippen MR) is 114 cm³/mol. The molecular formula is C23H23N5O2. The Balaban J connectivity index is 1.67. The van der Waals surface area contributed by atoms with E-state index in [1.807, 2.05) is 60.0 Å². The fourth-order valence-electron chi connectivity index (χ4n) is 3.44. The van der Waals surface area contributed by atoms with Crippen molar-refractivity contribution in [3.63, 3.8) is 0 Å². The monoisotopic (exact) mass is 401 g/mol. The lowest BCUT2D eigenvalue weighted by atomic mass is 10.1. The van der Waals surface area contributed by atoms with E-state index in [1.54, 1.807) is 29.7 Å². The van der Waals surface area contributed by atoms with Crippen molar-refractivity contribution in [1.29, 1.82) is 0 Å². The molecule has 0 aliphatic carbocycles. The number of aliphatic hydroxyl groups excluding tert-OH is 1. The van der Waals surface area contributed by atoms with Gasteiger partial charge < -0.3 is 10.0 Å². The zero-order valence-corrected chi connectivity index (χ0v) is 16.7. The first-order valence-electron chi connectivity index (χ1n) is 9.91. The van der Waals surface area contributed by atoms with Gasteiger partial charge in [-0.1, -0.05) is 31.2 Å². The number of fused-ring (bicyclic) bond motifs is 1. The highest BCUT2D eigenvalue weighted by atomic mass is 16.3. The molecule has 3 heterocycles. The number of hydrogen-bond acceptors (Lipinski definition) is 5. The summed E-state index contributed by atoms with van der Waals surface area (Å²) in [6.07, 6.45) is 5.60. The van der Waals surface area contributed by atoms with Gasteiger partial charge in [0.2, 0.25) is 0 Å². The maximum Gasteiger partial charge on any atom is 0.256 e. The van der Waals surface area contributed by atoms with Crippen LogP contribution in [-0.2, 0) is 6.54 Å². The van der Waals surface area contributed by atoms with Crippen molar-refractivity contribution in [2.24, 2.45) is 0 Å². The zero-order valence-electron chi connectivity index (χ0n) is 16.7. The number of para-hydroxylation sites is 1. The molecule has 0 aliphatic heterocycles. The van der Waals surface area contributed by atoms with Crippen LogP contribution < -0.4 is 0 Å². The predicted octanol–water partition coefficient (Wildman–Crippen LogP) is 3.23. The molecule has 0 fully saturated rings. The molecular weight excluding hydrogens is 378 g/mol. The van der Waals surface area contributed by atoms with Gasteiger partial charge in [-0.3, -0.25) is 14.3 Å². The molecule has 30 heavy (non-hydrogen) atoms. The number of aliphatic hydroxyl groups is 1. The molecule has 0 spiro atoms. The first-order chi connectivity index (χ1) is 14.7. The number of carbonyl (C=O) groups is 1. The van der Waals surface area contributed by atoms with E-state index in [9.17, 15) is 9.90 Å². The number of imidazole rings is 1. The molecule has 4 rings (SSSR count). The maximum absolute atomic E-state index is 13.3. The van der Waals surface area contributed by atoms with E-state index in [0.29, 0.717) is 29.7 Å². The molecule has 1 atom stereocenters. The summed E-state index contributed by atoms with van der Waals surface area (Å²) in [5.74, 6) is -0.204. The summed E-state index contributed by atoms with van der Waals surface area (Å²) in [7, 11) is 0. The van der Waals surface area contributed by atoms with Crippen molar-refractivity contribution in [1.82, 2.24) is 24.4 Å². The maximum atomic E-state index is 13.3. The van der Waals surface area contributed by atoms with E-state index >= 15 is 0 Å². The summed E-state index contributed by atoms with van der Waals surface area (Å²) in [4.78, 5) is 28.3. The van der Waals surface area contributed by atoms with Crippen molar-refractivity contribution in [2.75, 3.05) is 6.61 Å². The molecule has 0 aliphatic rings. The lowest BCUT2D eigenvalue weighted by molar-refractivity contribution is 0.0560. The van der Waals surface area contributed by atoms with Gasteiger partial charge in [0.1, 0.15) is 11.8 Å². The summed E-state index contributed by atoms with van der Waals surface area (Å²) in [5.41, 5.74) is 3.47. The first kappa shape index (κ1) is 19.7.